The topological polar surface area (TPSA) is 118 Å². The normalized spacial score (nSPS) is 18.2. The summed E-state index contributed by atoms with van der Waals surface area (Å²) in [5.41, 5.74) is 7.92. The number of benzene rings is 3. The predicted molar refractivity (Wildman–Crippen MR) is 166 cm³/mol. The first-order valence-corrected chi connectivity index (χ1v) is 15.0. The lowest BCUT2D eigenvalue weighted by atomic mass is 10.1. The number of rotatable bonds is 11. The molecular weight excluding hydrogens is 546 g/mol. The molecule has 3 aromatic rings. The number of piperazine rings is 1. The largest absolute Gasteiger partial charge is 0.466 e. The van der Waals surface area contributed by atoms with E-state index in [1.54, 1.807) is 41.3 Å². The van der Waals surface area contributed by atoms with Gasteiger partial charge in [-0.05, 0) is 53.6 Å². The molecular formula is C33H39N5O5. The Morgan fingerprint density at radius 3 is 2.40 bits per heavy atom. The Kier molecular flexibility index (Phi) is 10.0. The molecule has 0 bridgehead atoms. The number of esters is 1. The van der Waals surface area contributed by atoms with Crippen LogP contribution < -0.4 is 10.6 Å². The van der Waals surface area contributed by atoms with Crippen molar-refractivity contribution in [3.8, 4) is 0 Å². The molecule has 2 N–H and O–H groups in total. The quantitative estimate of drug-likeness (QED) is 0.155. The van der Waals surface area contributed by atoms with Gasteiger partial charge in [0.1, 0.15) is 11.9 Å². The number of carbonyl (C=O) groups excluding carboxylic acids is 3. The Morgan fingerprint density at radius 1 is 0.953 bits per heavy atom. The number of nitrogens with zero attached hydrogens (tertiary/aromatic N) is 4. The molecule has 2 amide bonds. The number of cyclic esters (lactones) is 1. The predicted octanol–water partition coefficient (Wildman–Crippen LogP) is 4.06. The first-order chi connectivity index (χ1) is 20.9. The van der Waals surface area contributed by atoms with Crippen molar-refractivity contribution in [1.29, 1.82) is 0 Å². The molecule has 1 unspecified atom stereocenters. The molecule has 0 spiro atoms. The first kappa shape index (κ1) is 30.2. The molecule has 2 heterocycles. The van der Waals surface area contributed by atoms with Gasteiger partial charge in [0.05, 0.1) is 19.6 Å². The molecule has 0 aromatic heterocycles. The molecule has 43 heavy (non-hydrogen) atoms. The molecule has 0 aliphatic carbocycles. The van der Waals surface area contributed by atoms with Gasteiger partial charge in [-0.1, -0.05) is 43.7 Å². The van der Waals surface area contributed by atoms with Crippen molar-refractivity contribution in [2.75, 3.05) is 57.3 Å². The Balaban J connectivity index is 1.09. The lowest BCUT2D eigenvalue weighted by molar-refractivity contribution is -0.144. The molecule has 2 saturated heterocycles. The van der Waals surface area contributed by atoms with E-state index < -0.39 is 5.91 Å². The summed E-state index contributed by atoms with van der Waals surface area (Å²) in [5.74, 6) is -0.436. The highest BCUT2D eigenvalue weighted by Gasteiger charge is 2.34. The van der Waals surface area contributed by atoms with Crippen LogP contribution in [0.4, 0.5) is 10.5 Å². The fraction of sp³-hybridized carbons (Fsp3) is 0.394. The molecule has 2 fully saturated rings. The van der Waals surface area contributed by atoms with Crippen LogP contribution in [0.3, 0.4) is 0 Å². The van der Waals surface area contributed by atoms with E-state index in [1.807, 2.05) is 30.3 Å². The number of fused-ring (bicyclic) bond motifs is 1. The minimum Gasteiger partial charge on any atom is -0.466 e. The maximum atomic E-state index is 12.8. The summed E-state index contributed by atoms with van der Waals surface area (Å²) in [6, 6.07) is 20.3. The van der Waals surface area contributed by atoms with E-state index >= 15 is 0 Å². The highest BCUT2D eigenvalue weighted by Crippen LogP contribution is 2.23. The van der Waals surface area contributed by atoms with Crippen molar-refractivity contribution in [2.24, 2.45) is 10.7 Å². The second-order valence-electron chi connectivity index (χ2n) is 11.0. The van der Waals surface area contributed by atoms with Crippen LogP contribution in [0.5, 0.6) is 0 Å². The number of carbonyl (C=O) groups is 3. The number of hydrogen-bond acceptors (Lipinski definition) is 7. The van der Waals surface area contributed by atoms with Crippen LogP contribution in [-0.4, -0.2) is 92.1 Å². The molecule has 3 aromatic carbocycles. The number of hydrogen-bond donors (Lipinski definition) is 1. The van der Waals surface area contributed by atoms with Crippen molar-refractivity contribution in [2.45, 2.75) is 32.3 Å². The van der Waals surface area contributed by atoms with Gasteiger partial charge in [0.2, 0.25) is 0 Å². The average molecular weight is 586 g/mol. The highest BCUT2D eigenvalue weighted by molar-refractivity contribution is 6.10. The third-order valence-corrected chi connectivity index (χ3v) is 7.89. The Hall–Kier alpha value is -4.28. The summed E-state index contributed by atoms with van der Waals surface area (Å²) in [7, 11) is 0. The summed E-state index contributed by atoms with van der Waals surface area (Å²) in [6.07, 6.45) is 1.70. The van der Waals surface area contributed by atoms with Crippen LogP contribution >= 0.6 is 0 Å². The summed E-state index contributed by atoms with van der Waals surface area (Å²) in [4.78, 5) is 47.6. The van der Waals surface area contributed by atoms with E-state index in [2.05, 4.69) is 21.7 Å². The van der Waals surface area contributed by atoms with Gasteiger partial charge in [-0.25, -0.2) is 4.79 Å². The molecule has 10 heteroatoms. The monoisotopic (exact) mass is 585 g/mol. The van der Waals surface area contributed by atoms with Crippen LogP contribution in [0.25, 0.3) is 10.8 Å². The SMILES string of the molecule is CCCCOC(=O)CCN1CCN(CC2CN(c3ccc(C(N)=NC(=O)c4ccc5ccccc5c4)cc3)C(=O)O2)CC1. The summed E-state index contributed by atoms with van der Waals surface area (Å²) < 4.78 is 10.9. The molecule has 1 atom stereocenters. The Bertz CT molecular complexity index is 1470. The lowest BCUT2D eigenvalue weighted by Gasteiger charge is -2.35. The maximum Gasteiger partial charge on any atom is 0.414 e. The zero-order valence-corrected chi connectivity index (χ0v) is 24.6. The second kappa shape index (κ2) is 14.3. The van der Waals surface area contributed by atoms with E-state index in [9.17, 15) is 14.4 Å². The smallest absolute Gasteiger partial charge is 0.414 e. The van der Waals surface area contributed by atoms with Crippen molar-refractivity contribution >= 4 is 40.3 Å². The maximum absolute atomic E-state index is 12.8. The van der Waals surface area contributed by atoms with Crippen LogP contribution in [0, 0.1) is 0 Å². The highest BCUT2D eigenvalue weighted by atomic mass is 16.6. The van der Waals surface area contributed by atoms with E-state index in [1.165, 1.54) is 0 Å². The molecule has 5 rings (SSSR count). The molecule has 2 aliphatic rings. The fourth-order valence-electron chi connectivity index (χ4n) is 5.34. The number of amidine groups is 1. The minimum atomic E-state index is -0.413. The molecule has 0 saturated carbocycles. The molecule has 0 radical (unpaired) electrons. The molecule has 2 aliphatic heterocycles. The number of aliphatic imine (C=N–C) groups is 1. The second-order valence-corrected chi connectivity index (χ2v) is 11.0. The van der Waals surface area contributed by atoms with Crippen molar-refractivity contribution in [1.82, 2.24) is 9.80 Å². The minimum absolute atomic E-state index is 0.110. The zero-order chi connectivity index (χ0) is 30.2. The fourth-order valence-corrected chi connectivity index (χ4v) is 5.34. The van der Waals surface area contributed by atoms with E-state index in [-0.39, 0.29) is 24.0 Å². The third-order valence-electron chi connectivity index (χ3n) is 7.89. The van der Waals surface area contributed by atoms with Gasteiger partial charge in [-0.15, -0.1) is 0 Å². The van der Waals surface area contributed by atoms with E-state index in [0.29, 0.717) is 49.5 Å². The lowest BCUT2D eigenvalue weighted by Crippen LogP contribution is -2.49. The third kappa shape index (κ3) is 7.97. The zero-order valence-electron chi connectivity index (χ0n) is 24.6. The Labute approximate surface area is 252 Å². The van der Waals surface area contributed by atoms with Gasteiger partial charge in [0, 0.05) is 56.1 Å². The van der Waals surface area contributed by atoms with Gasteiger partial charge >= 0.3 is 12.1 Å². The van der Waals surface area contributed by atoms with Crippen LogP contribution in [0.1, 0.15) is 42.1 Å². The van der Waals surface area contributed by atoms with E-state index in [0.717, 1.165) is 49.8 Å². The number of amides is 2. The van der Waals surface area contributed by atoms with Gasteiger partial charge in [-0.2, -0.15) is 4.99 Å². The van der Waals surface area contributed by atoms with Crippen LogP contribution in [-0.2, 0) is 14.3 Å². The van der Waals surface area contributed by atoms with Crippen LogP contribution in [0.2, 0.25) is 0 Å². The molecule has 226 valence electrons. The standard InChI is InChI=1S/C33H39N5O5/c1-2-3-20-42-30(39)14-15-36-16-18-37(19-17-36)22-29-23-38(33(41)43-29)28-12-10-25(11-13-28)31(34)35-32(40)27-9-8-24-6-4-5-7-26(24)21-27/h4-13,21,29H,2-3,14-20,22-23H2,1H3,(H2,34,35,40). The van der Waals surface area contributed by atoms with Gasteiger partial charge < -0.3 is 20.1 Å². The van der Waals surface area contributed by atoms with Crippen LogP contribution in [0.15, 0.2) is 71.7 Å². The van der Waals surface area contributed by atoms with Crippen molar-refractivity contribution < 1.29 is 23.9 Å². The van der Waals surface area contributed by atoms with Crippen molar-refractivity contribution in [3.63, 3.8) is 0 Å². The molecule has 10 nitrogen and oxygen atoms in total. The van der Waals surface area contributed by atoms with Gasteiger partial charge in [0.15, 0.2) is 0 Å². The Morgan fingerprint density at radius 2 is 1.65 bits per heavy atom. The van der Waals surface area contributed by atoms with Crippen molar-refractivity contribution in [3.05, 3.63) is 77.9 Å². The van der Waals surface area contributed by atoms with Gasteiger partial charge in [-0.3, -0.25) is 19.4 Å². The summed E-state index contributed by atoms with van der Waals surface area (Å²) in [5, 5.41) is 2.01. The summed E-state index contributed by atoms with van der Waals surface area (Å²) >= 11 is 0. The average Bonchev–Trinajstić information content (AvgIpc) is 3.40. The summed E-state index contributed by atoms with van der Waals surface area (Å²) in [6.45, 7) is 7.81. The number of nitrogens with two attached hydrogens (primary N) is 1. The first-order valence-electron chi connectivity index (χ1n) is 15.0. The number of unbranched alkanes of at least 4 members (excludes halogenated alkanes) is 1. The number of anilines is 1. The van der Waals surface area contributed by atoms with E-state index in [4.69, 9.17) is 15.2 Å². The number of ether oxygens (including phenoxy) is 2. The van der Waals surface area contributed by atoms with Gasteiger partial charge in [0.25, 0.3) is 5.91 Å².